The van der Waals surface area contributed by atoms with E-state index in [9.17, 15) is 9.59 Å². The zero-order valence-corrected chi connectivity index (χ0v) is 18.7. The molecule has 0 unspecified atom stereocenters. The first-order chi connectivity index (χ1) is 15.4. The molecule has 32 heavy (non-hydrogen) atoms. The average molecular weight is 459 g/mol. The fourth-order valence-electron chi connectivity index (χ4n) is 4.01. The van der Waals surface area contributed by atoms with E-state index in [2.05, 4.69) is 15.0 Å². The second-order valence-electron chi connectivity index (χ2n) is 7.95. The zero-order chi connectivity index (χ0) is 22.9. The molecule has 11 nitrogen and oxygen atoms in total. The van der Waals surface area contributed by atoms with Gasteiger partial charge in [-0.2, -0.15) is 9.97 Å². The van der Waals surface area contributed by atoms with Crippen LogP contribution in [0.4, 0.5) is 5.95 Å². The highest BCUT2D eigenvalue weighted by Gasteiger charge is 2.54. The molecule has 3 aromatic rings. The molecule has 1 aromatic carbocycles. The van der Waals surface area contributed by atoms with Gasteiger partial charge in [0.05, 0.1) is 26.1 Å². The third-order valence-electron chi connectivity index (χ3n) is 5.52. The van der Waals surface area contributed by atoms with Gasteiger partial charge in [-0.15, -0.1) is 0 Å². The van der Waals surface area contributed by atoms with Crippen molar-refractivity contribution in [1.29, 1.82) is 0 Å². The van der Waals surface area contributed by atoms with Gasteiger partial charge in [0, 0.05) is 5.41 Å². The lowest BCUT2D eigenvalue weighted by atomic mass is 9.76. The molecule has 0 amide bonds. The molecule has 0 radical (unpaired) electrons. The standard InChI is InChI=1S/C19H23BN5O6P/c1-19(2)14(31-20(26)11-7-5-4-6-8-11)12(9-29-32-27)30-17(19)25-10-22-13-15(25)23-18(21)24-16(13)28-3/h4-8,10,12,14,17,26H,9H2,1-3H3,(H2,21,23,24)/t12-,14-,17-/m1/s1. The molecule has 3 atom stereocenters. The van der Waals surface area contributed by atoms with Crippen molar-refractivity contribution in [3.05, 3.63) is 36.7 Å². The van der Waals surface area contributed by atoms with Crippen molar-refractivity contribution < 1.29 is 28.2 Å². The molecule has 1 fully saturated rings. The molecule has 1 saturated heterocycles. The minimum Gasteiger partial charge on any atom is -0.479 e. The van der Waals surface area contributed by atoms with E-state index in [1.54, 1.807) is 23.0 Å². The number of fused-ring (bicyclic) bond motifs is 1. The maximum absolute atomic E-state index is 10.9. The number of nitrogen functional groups attached to an aromatic ring is 1. The highest BCUT2D eigenvalue weighted by Crippen LogP contribution is 2.48. The summed E-state index contributed by atoms with van der Waals surface area (Å²) < 4.78 is 35.3. The minimum absolute atomic E-state index is 0.00969. The fraction of sp³-hybridized carbons (Fsp3) is 0.421. The summed E-state index contributed by atoms with van der Waals surface area (Å²) in [6, 6.07) is 9.01. The van der Waals surface area contributed by atoms with Gasteiger partial charge in [0.2, 0.25) is 11.8 Å². The summed E-state index contributed by atoms with van der Waals surface area (Å²) in [6.07, 6.45) is -0.305. The summed E-state index contributed by atoms with van der Waals surface area (Å²) in [7, 11) is -0.193. The predicted octanol–water partition coefficient (Wildman–Crippen LogP) is 1.34. The van der Waals surface area contributed by atoms with E-state index in [1.807, 2.05) is 32.0 Å². The van der Waals surface area contributed by atoms with Gasteiger partial charge in [-0.25, -0.2) is 9.55 Å². The van der Waals surface area contributed by atoms with Gasteiger partial charge >= 0.3 is 15.8 Å². The van der Waals surface area contributed by atoms with Crippen molar-refractivity contribution >= 4 is 38.4 Å². The Morgan fingerprint density at radius 2 is 2.06 bits per heavy atom. The lowest BCUT2D eigenvalue weighted by molar-refractivity contribution is -0.0431. The second kappa shape index (κ2) is 9.09. The SMILES string of the molecule is COc1nc(N)nc2c1ncn2[C@@H]1O[C@H](COP=O)[C@@H](OB(O)c2ccccc2)C1(C)C. The number of methoxy groups -OCH3 is 1. The van der Waals surface area contributed by atoms with Crippen molar-refractivity contribution in [3.8, 4) is 5.88 Å². The number of anilines is 1. The Balaban J connectivity index is 1.70. The van der Waals surface area contributed by atoms with Crippen LogP contribution in [0.2, 0.25) is 0 Å². The normalized spacial score (nSPS) is 22.4. The van der Waals surface area contributed by atoms with Gasteiger partial charge < -0.3 is 24.9 Å². The first-order valence-electron chi connectivity index (χ1n) is 9.89. The lowest BCUT2D eigenvalue weighted by Gasteiger charge is -2.32. The van der Waals surface area contributed by atoms with Crippen LogP contribution in [0.3, 0.4) is 0 Å². The summed E-state index contributed by atoms with van der Waals surface area (Å²) in [5.41, 5.74) is 6.62. The molecule has 0 spiro atoms. The Morgan fingerprint density at radius 1 is 1.31 bits per heavy atom. The lowest BCUT2D eigenvalue weighted by Crippen LogP contribution is -2.46. The van der Waals surface area contributed by atoms with E-state index < -0.39 is 39.7 Å². The molecular weight excluding hydrogens is 436 g/mol. The molecule has 0 aliphatic carbocycles. The minimum atomic E-state index is -1.19. The first-order valence-corrected chi connectivity index (χ1v) is 10.6. The number of rotatable bonds is 8. The zero-order valence-electron chi connectivity index (χ0n) is 17.8. The third kappa shape index (κ3) is 4.07. The van der Waals surface area contributed by atoms with E-state index in [1.165, 1.54) is 7.11 Å². The predicted molar refractivity (Wildman–Crippen MR) is 116 cm³/mol. The van der Waals surface area contributed by atoms with E-state index >= 15 is 0 Å². The summed E-state index contributed by atoms with van der Waals surface area (Å²) in [6.45, 7) is 3.86. The number of aromatic nitrogens is 4. The number of nitrogens with zero attached hydrogens (tertiary/aromatic N) is 4. The van der Waals surface area contributed by atoms with Crippen molar-refractivity contribution in [2.75, 3.05) is 19.5 Å². The molecule has 2 aromatic heterocycles. The largest absolute Gasteiger partial charge is 0.491 e. The maximum Gasteiger partial charge on any atom is 0.491 e. The summed E-state index contributed by atoms with van der Waals surface area (Å²) >= 11 is 0. The molecule has 0 saturated carbocycles. The van der Waals surface area contributed by atoms with E-state index in [0.29, 0.717) is 16.6 Å². The quantitative estimate of drug-likeness (QED) is 0.374. The van der Waals surface area contributed by atoms with Gasteiger partial charge in [0.25, 0.3) is 0 Å². The smallest absolute Gasteiger partial charge is 0.479 e. The molecule has 0 bridgehead atoms. The number of ether oxygens (including phenoxy) is 2. The Bertz CT molecular complexity index is 1100. The van der Waals surface area contributed by atoms with Crippen LogP contribution in [-0.2, 0) is 18.5 Å². The molecule has 1 aliphatic heterocycles. The Hall–Kier alpha value is -2.63. The summed E-state index contributed by atoms with van der Waals surface area (Å²) in [4.78, 5) is 12.7. The fourth-order valence-corrected chi connectivity index (χ4v) is 4.21. The van der Waals surface area contributed by atoms with Gasteiger partial charge in [-0.3, -0.25) is 9.09 Å². The van der Waals surface area contributed by atoms with Crippen molar-refractivity contribution in [2.45, 2.75) is 32.3 Å². The van der Waals surface area contributed by atoms with Crippen molar-refractivity contribution in [3.63, 3.8) is 0 Å². The van der Waals surface area contributed by atoms with Crippen LogP contribution in [-0.4, -0.2) is 57.6 Å². The first kappa shape index (κ1) is 22.6. The molecule has 4 rings (SSSR count). The van der Waals surface area contributed by atoms with Crippen molar-refractivity contribution in [2.24, 2.45) is 5.41 Å². The number of nitrogens with two attached hydrogens (primary N) is 1. The summed E-state index contributed by atoms with van der Waals surface area (Å²) in [5, 5.41) is 10.7. The number of hydrogen-bond donors (Lipinski definition) is 2. The van der Waals surface area contributed by atoms with Crippen molar-refractivity contribution in [1.82, 2.24) is 19.5 Å². The van der Waals surface area contributed by atoms with Gasteiger partial charge in [-0.1, -0.05) is 44.2 Å². The maximum atomic E-state index is 10.9. The summed E-state index contributed by atoms with van der Waals surface area (Å²) in [5.74, 6) is 0.281. The molecule has 3 heterocycles. The highest BCUT2D eigenvalue weighted by molar-refractivity contribution is 7.17. The van der Waals surface area contributed by atoms with Gasteiger partial charge in [0.15, 0.2) is 11.2 Å². The third-order valence-corrected chi connectivity index (χ3v) is 5.77. The molecule has 1 aliphatic rings. The van der Waals surface area contributed by atoms with Crippen LogP contribution >= 0.6 is 8.69 Å². The average Bonchev–Trinajstić information content (AvgIpc) is 3.30. The number of benzene rings is 1. The number of hydrogen-bond acceptors (Lipinski definition) is 10. The molecule has 3 N–H and O–H groups in total. The van der Waals surface area contributed by atoms with E-state index in [4.69, 9.17) is 24.4 Å². The van der Waals surface area contributed by atoms with Crippen LogP contribution in [0.5, 0.6) is 5.88 Å². The van der Waals surface area contributed by atoms with Crippen LogP contribution in [0.25, 0.3) is 11.2 Å². The van der Waals surface area contributed by atoms with Crippen LogP contribution in [0, 0.1) is 5.41 Å². The van der Waals surface area contributed by atoms with Crippen LogP contribution in [0.15, 0.2) is 36.7 Å². The van der Waals surface area contributed by atoms with Crippen LogP contribution in [0.1, 0.15) is 20.1 Å². The Labute approximate surface area is 186 Å². The molecule has 168 valence electrons. The second-order valence-corrected chi connectivity index (χ2v) is 8.36. The topological polar surface area (TPSA) is 144 Å². The van der Waals surface area contributed by atoms with Crippen LogP contribution < -0.4 is 15.9 Å². The highest BCUT2D eigenvalue weighted by atomic mass is 31.1. The monoisotopic (exact) mass is 459 g/mol. The van der Waals surface area contributed by atoms with E-state index in [-0.39, 0.29) is 18.4 Å². The number of imidazole rings is 1. The molecular formula is C19H23BN5O6P. The Morgan fingerprint density at radius 3 is 2.75 bits per heavy atom. The molecule has 13 heteroatoms. The van der Waals surface area contributed by atoms with E-state index in [0.717, 1.165) is 0 Å². The Kier molecular flexibility index (Phi) is 6.41. The van der Waals surface area contributed by atoms with Gasteiger partial charge in [-0.05, 0) is 5.46 Å². The van der Waals surface area contributed by atoms with Gasteiger partial charge in [0.1, 0.15) is 12.3 Å².